The molecule has 2 N–H and O–H groups in total. The van der Waals surface area contributed by atoms with E-state index in [9.17, 15) is 0 Å². The van der Waals surface area contributed by atoms with Gasteiger partial charge in [-0.2, -0.15) is 11.8 Å². The summed E-state index contributed by atoms with van der Waals surface area (Å²) in [5.74, 6) is 2.02. The molecule has 0 radical (unpaired) electrons. The summed E-state index contributed by atoms with van der Waals surface area (Å²) in [5, 5.41) is 7.59. The monoisotopic (exact) mass is 414 g/mol. The number of anilines is 1. The fourth-order valence-electron chi connectivity index (χ4n) is 1.75. The van der Waals surface area contributed by atoms with E-state index in [1.165, 1.54) is 5.56 Å². The van der Waals surface area contributed by atoms with Gasteiger partial charge in [-0.1, -0.05) is 41.9 Å². The Balaban J connectivity index is 1.64. The second-order valence-electron chi connectivity index (χ2n) is 4.55. The zero-order valence-electron chi connectivity index (χ0n) is 11.8. The molecule has 2 aromatic rings. The van der Waals surface area contributed by atoms with Gasteiger partial charge in [-0.25, -0.2) is 0 Å². The van der Waals surface area contributed by atoms with Crippen LogP contribution in [-0.4, -0.2) is 17.4 Å². The number of hydrogen-bond donors (Lipinski definition) is 2. The molecule has 2 rings (SSSR count). The highest BCUT2D eigenvalue weighted by Gasteiger charge is 2.01. The third-order valence-corrected chi connectivity index (χ3v) is 5.33. The number of hydrogen-bond acceptors (Lipinski definition) is 2. The van der Waals surface area contributed by atoms with Crippen LogP contribution in [0.3, 0.4) is 0 Å². The van der Waals surface area contributed by atoms with Gasteiger partial charge in [0.25, 0.3) is 0 Å². The van der Waals surface area contributed by atoms with E-state index >= 15 is 0 Å². The highest BCUT2D eigenvalue weighted by atomic mass is 79.9. The molecule has 0 bridgehead atoms. The second kappa shape index (κ2) is 9.40. The smallest absolute Gasteiger partial charge is 0.170 e. The largest absolute Gasteiger partial charge is 0.362 e. The van der Waals surface area contributed by atoms with E-state index in [2.05, 4.69) is 50.8 Å². The van der Waals surface area contributed by atoms with Crippen molar-refractivity contribution in [3.63, 3.8) is 0 Å². The van der Waals surface area contributed by atoms with Crippen molar-refractivity contribution in [2.24, 2.45) is 0 Å². The number of nitrogens with one attached hydrogen (secondary N) is 2. The topological polar surface area (TPSA) is 24.1 Å². The maximum Gasteiger partial charge on any atom is 0.170 e. The maximum atomic E-state index is 6.05. The van der Waals surface area contributed by atoms with Crippen molar-refractivity contribution in [1.29, 1.82) is 0 Å². The Labute approximate surface area is 154 Å². The highest BCUT2D eigenvalue weighted by molar-refractivity contribution is 9.10. The molecule has 0 aliphatic rings. The van der Waals surface area contributed by atoms with Gasteiger partial charge in [-0.05, 0) is 51.9 Å². The van der Waals surface area contributed by atoms with Gasteiger partial charge >= 0.3 is 0 Å². The molecule has 22 heavy (non-hydrogen) atoms. The lowest BCUT2D eigenvalue weighted by Crippen LogP contribution is -2.30. The molecule has 0 amide bonds. The van der Waals surface area contributed by atoms with Crippen LogP contribution >= 0.6 is 51.5 Å². The Morgan fingerprint density at radius 1 is 1.18 bits per heavy atom. The molecule has 0 fully saturated rings. The summed E-state index contributed by atoms with van der Waals surface area (Å²) in [7, 11) is 0. The van der Waals surface area contributed by atoms with Crippen LogP contribution in [0, 0.1) is 0 Å². The Morgan fingerprint density at radius 2 is 1.95 bits per heavy atom. The van der Waals surface area contributed by atoms with Gasteiger partial charge in [-0.15, -0.1) is 0 Å². The van der Waals surface area contributed by atoms with Crippen LogP contribution in [0.25, 0.3) is 0 Å². The first kappa shape index (κ1) is 17.6. The first-order valence-electron chi connectivity index (χ1n) is 6.77. The van der Waals surface area contributed by atoms with E-state index in [0.29, 0.717) is 10.1 Å². The summed E-state index contributed by atoms with van der Waals surface area (Å²) in [4.78, 5) is 0. The molecule has 0 saturated heterocycles. The average Bonchev–Trinajstić information content (AvgIpc) is 2.52. The third-order valence-electron chi connectivity index (χ3n) is 2.82. The van der Waals surface area contributed by atoms with Gasteiger partial charge in [0.1, 0.15) is 0 Å². The molecule has 6 heteroatoms. The quantitative estimate of drug-likeness (QED) is 0.492. The minimum atomic E-state index is 0.610. The van der Waals surface area contributed by atoms with Crippen LogP contribution in [0.1, 0.15) is 5.56 Å². The molecule has 2 nitrogen and oxygen atoms in total. The summed E-state index contributed by atoms with van der Waals surface area (Å²) in [6.07, 6.45) is 0. The van der Waals surface area contributed by atoms with Crippen molar-refractivity contribution in [2.45, 2.75) is 5.75 Å². The molecular weight excluding hydrogens is 400 g/mol. The zero-order valence-corrected chi connectivity index (χ0v) is 15.8. The van der Waals surface area contributed by atoms with Crippen LogP contribution < -0.4 is 10.6 Å². The average molecular weight is 416 g/mol. The summed E-state index contributed by atoms with van der Waals surface area (Å²) < 4.78 is 0.871. The maximum absolute atomic E-state index is 6.05. The molecule has 0 unspecified atom stereocenters. The predicted octanol–water partition coefficient (Wildman–Crippen LogP) is 5.32. The van der Waals surface area contributed by atoms with E-state index in [1.54, 1.807) is 0 Å². The molecule has 0 spiro atoms. The van der Waals surface area contributed by atoms with E-state index in [0.717, 1.165) is 28.2 Å². The molecule has 0 aliphatic heterocycles. The summed E-state index contributed by atoms with van der Waals surface area (Å²) in [6.45, 7) is 0.827. The van der Waals surface area contributed by atoms with E-state index in [4.69, 9.17) is 23.8 Å². The standard InChI is InChI=1S/C16H16BrClN2S2/c17-14-7-6-13(10-15(14)18)20-16(21)19-8-9-22-11-12-4-2-1-3-5-12/h1-7,10H,8-9,11H2,(H2,19,20,21). The highest BCUT2D eigenvalue weighted by Crippen LogP contribution is 2.25. The van der Waals surface area contributed by atoms with Crippen LogP contribution in [0.4, 0.5) is 5.69 Å². The second-order valence-corrected chi connectivity index (χ2v) is 7.32. The van der Waals surface area contributed by atoms with Gasteiger partial charge in [0.15, 0.2) is 5.11 Å². The molecule has 0 saturated carbocycles. The van der Waals surface area contributed by atoms with Gasteiger partial charge in [0, 0.05) is 28.2 Å². The van der Waals surface area contributed by atoms with Crippen molar-refractivity contribution in [3.8, 4) is 0 Å². The van der Waals surface area contributed by atoms with Crippen LogP contribution in [0.15, 0.2) is 53.0 Å². The van der Waals surface area contributed by atoms with Crippen molar-refractivity contribution < 1.29 is 0 Å². The summed E-state index contributed by atoms with van der Waals surface area (Å²) in [6, 6.07) is 16.1. The van der Waals surface area contributed by atoms with Crippen molar-refractivity contribution in [1.82, 2.24) is 5.32 Å². The lowest BCUT2D eigenvalue weighted by molar-refractivity contribution is 0.990. The Bertz CT molecular complexity index is 623. The lowest BCUT2D eigenvalue weighted by Gasteiger charge is -2.11. The summed E-state index contributed by atoms with van der Waals surface area (Å²) >= 11 is 16.6. The lowest BCUT2D eigenvalue weighted by atomic mass is 10.2. The number of halogens is 2. The first-order chi connectivity index (χ1) is 10.6. The molecular formula is C16H16BrClN2S2. The number of thiocarbonyl (C=S) groups is 1. The van der Waals surface area contributed by atoms with Crippen molar-refractivity contribution >= 4 is 62.3 Å². The van der Waals surface area contributed by atoms with E-state index in [1.807, 2.05) is 36.0 Å². The van der Waals surface area contributed by atoms with Gasteiger partial charge in [0.05, 0.1) is 5.02 Å². The van der Waals surface area contributed by atoms with E-state index < -0.39 is 0 Å². The van der Waals surface area contributed by atoms with Gasteiger partial charge < -0.3 is 10.6 Å². The fourth-order valence-corrected chi connectivity index (χ4v) is 3.22. The third kappa shape index (κ3) is 6.16. The Kier molecular flexibility index (Phi) is 7.52. The summed E-state index contributed by atoms with van der Waals surface area (Å²) in [5.41, 5.74) is 2.22. The minimum Gasteiger partial charge on any atom is -0.362 e. The zero-order chi connectivity index (χ0) is 15.8. The molecule has 0 atom stereocenters. The van der Waals surface area contributed by atoms with Crippen LogP contribution in [-0.2, 0) is 5.75 Å². The van der Waals surface area contributed by atoms with E-state index in [-0.39, 0.29) is 0 Å². The molecule has 0 aliphatic carbocycles. The minimum absolute atomic E-state index is 0.610. The molecule has 116 valence electrons. The number of benzene rings is 2. The molecule has 0 aromatic heterocycles. The first-order valence-corrected chi connectivity index (χ1v) is 9.50. The molecule has 0 heterocycles. The predicted molar refractivity (Wildman–Crippen MR) is 106 cm³/mol. The normalized spacial score (nSPS) is 10.3. The van der Waals surface area contributed by atoms with Gasteiger partial charge in [0.2, 0.25) is 0 Å². The number of thioether (sulfide) groups is 1. The van der Waals surface area contributed by atoms with Gasteiger partial charge in [-0.3, -0.25) is 0 Å². The Morgan fingerprint density at radius 3 is 2.68 bits per heavy atom. The molecule has 2 aromatic carbocycles. The Hall–Kier alpha value is -0.750. The van der Waals surface area contributed by atoms with Crippen LogP contribution in [0.5, 0.6) is 0 Å². The number of rotatable bonds is 6. The van der Waals surface area contributed by atoms with Crippen LogP contribution in [0.2, 0.25) is 5.02 Å². The fraction of sp³-hybridized carbons (Fsp3) is 0.188. The SMILES string of the molecule is S=C(NCCSCc1ccccc1)Nc1ccc(Br)c(Cl)c1. The van der Waals surface area contributed by atoms with Crippen molar-refractivity contribution in [2.75, 3.05) is 17.6 Å². The van der Waals surface area contributed by atoms with Crippen molar-refractivity contribution in [3.05, 3.63) is 63.6 Å².